The molecule has 2 aromatic rings. The summed E-state index contributed by atoms with van der Waals surface area (Å²) in [4.78, 5) is 12.6. The van der Waals surface area contributed by atoms with E-state index in [1.165, 1.54) is 14.2 Å². The average molecular weight is 285 g/mol. The van der Waals surface area contributed by atoms with Gasteiger partial charge in [0.05, 0.1) is 14.2 Å². The first kappa shape index (κ1) is 14.9. The highest BCUT2D eigenvalue weighted by molar-refractivity contribution is 6.08. The summed E-state index contributed by atoms with van der Waals surface area (Å²) in [5, 5.41) is 2.92. The van der Waals surface area contributed by atoms with Gasteiger partial charge in [0.15, 0.2) is 0 Å². The third kappa shape index (κ3) is 2.99. The van der Waals surface area contributed by atoms with Crippen LogP contribution in [-0.2, 0) is 0 Å². The molecule has 0 fully saturated rings. The predicted octanol–water partition coefficient (Wildman–Crippen LogP) is 3.57. The Morgan fingerprint density at radius 2 is 1.52 bits per heavy atom. The molecule has 0 radical (unpaired) electrons. The Labute approximate surface area is 124 Å². The van der Waals surface area contributed by atoms with Crippen molar-refractivity contribution >= 4 is 11.6 Å². The SMILES string of the molecule is COc1cccc(OC)c1C(=O)Nc1cccc(C)c1C. The molecule has 21 heavy (non-hydrogen) atoms. The van der Waals surface area contributed by atoms with Crippen molar-refractivity contribution in [3.05, 3.63) is 53.1 Å². The zero-order chi connectivity index (χ0) is 15.4. The van der Waals surface area contributed by atoms with Gasteiger partial charge in [-0.05, 0) is 43.2 Å². The minimum absolute atomic E-state index is 0.252. The number of carbonyl (C=O) groups excluding carboxylic acids is 1. The van der Waals surface area contributed by atoms with Gasteiger partial charge in [0, 0.05) is 5.69 Å². The number of hydrogen-bond acceptors (Lipinski definition) is 3. The number of carbonyl (C=O) groups is 1. The van der Waals surface area contributed by atoms with Crippen LogP contribution in [0.1, 0.15) is 21.5 Å². The summed E-state index contributed by atoms with van der Waals surface area (Å²) >= 11 is 0. The number of benzene rings is 2. The molecule has 0 aliphatic carbocycles. The summed E-state index contributed by atoms with van der Waals surface area (Å²) in [6.45, 7) is 3.99. The fourth-order valence-electron chi connectivity index (χ4n) is 2.15. The Hall–Kier alpha value is -2.49. The van der Waals surface area contributed by atoms with Gasteiger partial charge in [-0.3, -0.25) is 4.79 Å². The summed E-state index contributed by atoms with van der Waals surface area (Å²) in [5.41, 5.74) is 3.34. The van der Waals surface area contributed by atoms with Gasteiger partial charge in [-0.15, -0.1) is 0 Å². The van der Waals surface area contributed by atoms with Crippen molar-refractivity contribution in [2.24, 2.45) is 0 Å². The van der Waals surface area contributed by atoms with Gasteiger partial charge in [0.2, 0.25) is 0 Å². The van der Waals surface area contributed by atoms with Crippen molar-refractivity contribution in [2.75, 3.05) is 19.5 Å². The lowest BCUT2D eigenvalue weighted by atomic mass is 10.1. The Morgan fingerprint density at radius 3 is 2.10 bits per heavy atom. The van der Waals surface area contributed by atoms with E-state index in [1.807, 2.05) is 32.0 Å². The summed E-state index contributed by atoms with van der Waals surface area (Å²) in [7, 11) is 3.06. The molecule has 1 amide bonds. The number of rotatable bonds is 4. The molecular formula is C17H19NO3. The summed E-state index contributed by atoms with van der Waals surface area (Å²) in [5.74, 6) is 0.715. The standard InChI is InChI=1S/C17H19NO3/c1-11-7-5-8-13(12(11)2)18-17(19)16-14(20-3)9-6-10-15(16)21-4/h5-10H,1-4H3,(H,18,19). The molecule has 4 heteroatoms. The van der Waals surface area contributed by atoms with E-state index in [2.05, 4.69) is 5.32 Å². The van der Waals surface area contributed by atoms with Gasteiger partial charge in [0.25, 0.3) is 5.91 Å². The lowest BCUT2D eigenvalue weighted by Crippen LogP contribution is -2.15. The van der Waals surface area contributed by atoms with E-state index in [4.69, 9.17) is 9.47 Å². The highest BCUT2D eigenvalue weighted by Crippen LogP contribution is 2.29. The van der Waals surface area contributed by atoms with Crippen molar-refractivity contribution in [3.63, 3.8) is 0 Å². The second-order valence-electron chi connectivity index (χ2n) is 4.74. The number of methoxy groups -OCH3 is 2. The smallest absolute Gasteiger partial charge is 0.263 e. The molecule has 1 N–H and O–H groups in total. The molecule has 2 aromatic carbocycles. The highest BCUT2D eigenvalue weighted by Gasteiger charge is 2.18. The van der Waals surface area contributed by atoms with Gasteiger partial charge < -0.3 is 14.8 Å². The van der Waals surface area contributed by atoms with Crippen molar-refractivity contribution < 1.29 is 14.3 Å². The molecular weight excluding hydrogens is 266 g/mol. The van der Waals surface area contributed by atoms with Crippen molar-refractivity contribution in [3.8, 4) is 11.5 Å². The van der Waals surface area contributed by atoms with E-state index in [0.717, 1.165) is 16.8 Å². The van der Waals surface area contributed by atoms with Crippen LogP contribution >= 0.6 is 0 Å². The molecule has 0 bridgehead atoms. The first-order chi connectivity index (χ1) is 10.1. The van der Waals surface area contributed by atoms with Crippen molar-refractivity contribution in [2.45, 2.75) is 13.8 Å². The van der Waals surface area contributed by atoms with Crippen LogP contribution in [0.3, 0.4) is 0 Å². The van der Waals surface area contributed by atoms with Crippen LogP contribution in [0.2, 0.25) is 0 Å². The van der Waals surface area contributed by atoms with Crippen LogP contribution in [0.4, 0.5) is 5.69 Å². The quantitative estimate of drug-likeness (QED) is 0.934. The predicted molar refractivity (Wildman–Crippen MR) is 83.4 cm³/mol. The summed E-state index contributed by atoms with van der Waals surface area (Å²) in [6, 6.07) is 11.1. The molecule has 0 heterocycles. The molecule has 0 aliphatic rings. The largest absolute Gasteiger partial charge is 0.496 e. The van der Waals surface area contributed by atoms with E-state index in [9.17, 15) is 4.79 Å². The van der Waals surface area contributed by atoms with E-state index in [1.54, 1.807) is 18.2 Å². The Morgan fingerprint density at radius 1 is 0.952 bits per heavy atom. The summed E-state index contributed by atoms with van der Waals surface area (Å²) < 4.78 is 10.5. The second kappa shape index (κ2) is 6.31. The van der Waals surface area contributed by atoms with Crippen molar-refractivity contribution in [1.29, 1.82) is 0 Å². The number of amides is 1. The number of aryl methyl sites for hydroxylation is 1. The Kier molecular flexibility index (Phi) is 4.48. The topological polar surface area (TPSA) is 47.6 Å². The Bertz CT molecular complexity index is 643. The minimum atomic E-state index is -0.252. The molecule has 0 spiro atoms. The van der Waals surface area contributed by atoms with Gasteiger partial charge in [0.1, 0.15) is 17.1 Å². The zero-order valence-electron chi connectivity index (χ0n) is 12.7. The maximum Gasteiger partial charge on any atom is 0.263 e. The average Bonchev–Trinajstić information content (AvgIpc) is 2.50. The monoisotopic (exact) mass is 285 g/mol. The fourth-order valence-corrected chi connectivity index (χ4v) is 2.15. The molecule has 0 saturated carbocycles. The molecule has 0 unspecified atom stereocenters. The molecule has 0 aliphatic heterocycles. The third-order valence-corrected chi connectivity index (χ3v) is 3.51. The van der Waals surface area contributed by atoms with E-state index in [0.29, 0.717) is 17.1 Å². The van der Waals surface area contributed by atoms with Gasteiger partial charge >= 0.3 is 0 Å². The van der Waals surface area contributed by atoms with Gasteiger partial charge in [-0.2, -0.15) is 0 Å². The van der Waals surface area contributed by atoms with E-state index in [-0.39, 0.29) is 5.91 Å². The van der Waals surface area contributed by atoms with Gasteiger partial charge in [-0.1, -0.05) is 18.2 Å². The lowest BCUT2D eigenvalue weighted by Gasteiger charge is -2.14. The molecule has 4 nitrogen and oxygen atoms in total. The molecule has 0 saturated heterocycles. The number of hydrogen-bond donors (Lipinski definition) is 1. The highest BCUT2D eigenvalue weighted by atomic mass is 16.5. The molecule has 2 rings (SSSR count). The normalized spacial score (nSPS) is 10.1. The maximum atomic E-state index is 12.6. The first-order valence-corrected chi connectivity index (χ1v) is 6.67. The van der Waals surface area contributed by atoms with Gasteiger partial charge in [-0.25, -0.2) is 0 Å². The van der Waals surface area contributed by atoms with Crippen LogP contribution in [-0.4, -0.2) is 20.1 Å². The second-order valence-corrected chi connectivity index (χ2v) is 4.74. The van der Waals surface area contributed by atoms with E-state index >= 15 is 0 Å². The number of ether oxygens (including phenoxy) is 2. The Balaban J connectivity index is 2.39. The fraction of sp³-hybridized carbons (Fsp3) is 0.235. The van der Waals surface area contributed by atoms with E-state index < -0.39 is 0 Å². The first-order valence-electron chi connectivity index (χ1n) is 6.67. The summed E-state index contributed by atoms with van der Waals surface area (Å²) in [6.07, 6.45) is 0. The molecule has 0 atom stereocenters. The van der Waals surface area contributed by atoms with Crippen molar-refractivity contribution in [1.82, 2.24) is 0 Å². The third-order valence-electron chi connectivity index (χ3n) is 3.51. The lowest BCUT2D eigenvalue weighted by molar-refractivity contribution is 0.102. The van der Waals surface area contributed by atoms with Crippen LogP contribution in [0.5, 0.6) is 11.5 Å². The number of anilines is 1. The van der Waals surface area contributed by atoms with Crippen LogP contribution in [0.25, 0.3) is 0 Å². The minimum Gasteiger partial charge on any atom is -0.496 e. The van der Waals surface area contributed by atoms with Crippen LogP contribution < -0.4 is 14.8 Å². The molecule has 110 valence electrons. The van der Waals surface area contributed by atoms with Crippen LogP contribution in [0, 0.1) is 13.8 Å². The maximum absolute atomic E-state index is 12.6. The van der Waals surface area contributed by atoms with Crippen LogP contribution in [0.15, 0.2) is 36.4 Å². The zero-order valence-corrected chi connectivity index (χ0v) is 12.7. The molecule has 0 aromatic heterocycles. The number of nitrogens with one attached hydrogen (secondary N) is 1.